The van der Waals surface area contributed by atoms with Crippen molar-refractivity contribution < 1.29 is 9.53 Å². The second kappa shape index (κ2) is 5.14. The van der Waals surface area contributed by atoms with E-state index in [0.717, 1.165) is 18.6 Å². The van der Waals surface area contributed by atoms with Gasteiger partial charge < -0.3 is 9.72 Å². The number of hydrogen-bond donors (Lipinski definition) is 1. The Labute approximate surface area is 109 Å². The second-order valence-corrected chi connectivity index (χ2v) is 5.71. The summed E-state index contributed by atoms with van der Waals surface area (Å²) in [6.07, 6.45) is 2.53. The predicted molar refractivity (Wildman–Crippen MR) is 68.6 cm³/mol. The Morgan fingerprint density at radius 1 is 1.61 bits per heavy atom. The lowest BCUT2D eigenvalue weighted by molar-refractivity contribution is -0.141. The van der Waals surface area contributed by atoms with Gasteiger partial charge in [0.05, 0.1) is 13.5 Å². The number of nitrogens with one attached hydrogen (secondary N) is 1. The maximum absolute atomic E-state index is 11.3. The Morgan fingerprint density at radius 2 is 2.33 bits per heavy atom. The molecule has 0 radical (unpaired) electrons. The molecule has 0 aliphatic heterocycles. The number of rotatable bonds is 5. The molecule has 1 saturated carbocycles. The standard InChI is InChI=1S/C12H16N2O3S/c1-8-13-9(15)5-10(14-8)18-7-12(3-4-12)6-11(16)17-2/h5H,3-4,6-7H2,1-2H3,(H,13,14,15). The zero-order valence-corrected chi connectivity index (χ0v) is 11.3. The van der Waals surface area contributed by atoms with E-state index in [9.17, 15) is 9.59 Å². The molecule has 0 atom stereocenters. The first-order chi connectivity index (χ1) is 8.53. The van der Waals surface area contributed by atoms with Crippen LogP contribution in [0.2, 0.25) is 0 Å². The summed E-state index contributed by atoms with van der Waals surface area (Å²) in [5.41, 5.74) is -0.0847. The fraction of sp³-hybridized carbons (Fsp3) is 0.583. The van der Waals surface area contributed by atoms with E-state index >= 15 is 0 Å². The number of nitrogens with zero attached hydrogens (tertiary/aromatic N) is 1. The largest absolute Gasteiger partial charge is 0.469 e. The smallest absolute Gasteiger partial charge is 0.306 e. The van der Waals surface area contributed by atoms with E-state index in [2.05, 4.69) is 9.97 Å². The molecule has 1 fully saturated rings. The van der Waals surface area contributed by atoms with E-state index in [4.69, 9.17) is 4.74 Å². The summed E-state index contributed by atoms with van der Waals surface area (Å²) in [4.78, 5) is 29.4. The minimum atomic E-state index is -0.164. The second-order valence-electron chi connectivity index (χ2n) is 4.71. The van der Waals surface area contributed by atoms with E-state index in [0.29, 0.717) is 17.3 Å². The van der Waals surface area contributed by atoms with Crippen LogP contribution in [0, 0.1) is 12.3 Å². The fourth-order valence-corrected chi connectivity index (χ4v) is 3.02. The molecule has 1 aromatic heterocycles. The number of carbonyl (C=O) groups is 1. The van der Waals surface area contributed by atoms with Gasteiger partial charge in [-0.1, -0.05) is 0 Å². The minimum Gasteiger partial charge on any atom is -0.469 e. The molecule has 0 unspecified atom stereocenters. The molecule has 6 heteroatoms. The van der Waals surface area contributed by atoms with Crippen molar-refractivity contribution in [2.24, 2.45) is 5.41 Å². The lowest BCUT2D eigenvalue weighted by atomic mass is 10.1. The molecule has 5 nitrogen and oxygen atoms in total. The summed E-state index contributed by atoms with van der Waals surface area (Å²) >= 11 is 1.53. The Morgan fingerprint density at radius 3 is 2.89 bits per heavy atom. The topological polar surface area (TPSA) is 72.1 Å². The summed E-state index contributed by atoms with van der Waals surface area (Å²) in [6, 6.07) is 1.49. The Kier molecular flexibility index (Phi) is 3.75. The molecule has 1 heterocycles. The molecule has 0 aromatic carbocycles. The number of carbonyl (C=O) groups excluding carboxylic acids is 1. The number of thioether (sulfide) groups is 1. The van der Waals surface area contributed by atoms with Gasteiger partial charge in [-0.25, -0.2) is 4.98 Å². The van der Waals surface area contributed by atoms with E-state index in [1.54, 1.807) is 6.92 Å². The molecule has 0 saturated heterocycles. The van der Waals surface area contributed by atoms with Gasteiger partial charge >= 0.3 is 5.97 Å². The maximum atomic E-state index is 11.3. The van der Waals surface area contributed by atoms with Crippen LogP contribution in [0.1, 0.15) is 25.1 Å². The lowest BCUT2D eigenvalue weighted by Gasteiger charge is -2.12. The first-order valence-electron chi connectivity index (χ1n) is 5.81. The average molecular weight is 268 g/mol. The zero-order valence-electron chi connectivity index (χ0n) is 10.5. The molecular weight excluding hydrogens is 252 g/mol. The van der Waals surface area contributed by atoms with Crippen molar-refractivity contribution in [2.75, 3.05) is 12.9 Å². The summed E-state index contributed by atoms with van der Waals surface area (Å²) in [7, 11) is 1.41. The first kappa shape index (κ1) is 13.1. The highest BCUT2D eigenvalue weighted by Crippen LogP contribution is 2.51. The lowest BCUT2D eigenvalue weighted by Crippen LogP contribution is -2.14. The Balaban J connectivity index is 1.95. The van der Waals surface area contributed by atoms with Crippen molar-refractivity contribution in [1.29, 1.82) is 0 Å². The van der Waals surface area contributed by atoms with Crippen LogP contribution in [0.25, 0.3) is 0 Å². The number of esters is 1. The number of H-pyrrole nitrogens is 1. The van der Waals surface area contributed by atoms with Crippen LogP contribution < -0.4 is 5.56 Å². The molecule has 1 aliphatic carbocycles. The number of aromatic amines is 1. The highest BCUT2D eigenvalue weighted by atomic mass is 32.2. The van der Waals surface area contributed by atoms with Crippen molar-refractivity contribution in [3.05, 3.63) is 22.2 Å². The van der Waals surface area contributed by atoms with Crippen LogP contribution in [0.3, 0.4) is 0 Å². The van der Waals surface area contributed by atoms with Crippen molar-refractivity contribution in [1.82, 2.24) is 9.97 Å². The molecule has 1 N–H and O–H groups in total. The third kappa shape index (κ3) is 3.35. The molecule has 0 bridgehead atoms. The Bertz CT molecular complexity index is 508. The molecular formula is C12H16N2O3S. The number of aryl methyl sites for hydroxylation is 1. The zero-order chi connectivity index (χ0) is 13.2. The van der Waals surface area contributed by atoms with E-state index in [1.807, 2.05) is 0 Å². The molecule has 98 valence electrons. The molecule has 1 aliphatic rings. The van der Waals surface area contributed by atoms with Crippen molar-refractivity contribution in [3.63, 3.8) is 0 Å². The molecule has 1 aromatic rings. The van der Waals surface area contributed by atoms with E-state index in [-0.39, 0.29) is 16.9 Å². The van der Waals surface area contributed by atoms with Crippen molar-refractivity contribution >= 4 is 17.7 Å². The van der Waals surface area contributed by atoms with Gasteiger partial charge in [0, 0.05) is 11.8 Å². The third-order valence-electron chi connectivity index (χ3n) is 3.07. The first-order valence-corrected chi connectivity index (χ1v) is 6.79. The van der Waals surface area contributed by atoms with Gasteiger partial charge in [-0.05, 0) is 25.2 Å². The number of hydrogen-bond acceptors (Lipinski definition) is 5. The van der Waals surface area contributed by atoms with Crippen LogP contribution in [0.15, 0.2) is 15.9 Å². The van der Waals surface area contributed by atoms with Gasteiger partial charge in [0.1, 0.15) is 10.9 Å². The average Bonchev–Trinajstić information content (AvgIpc) is 3.05. The number of ether oxygens (including phenoxy) is 1. The Hall–Kier alpha value is -1.30. The SMILES string of the molecule is COC(=O)CC1(CSc2cc(=O)[nH]c(C)n2)CC1. The van der Waals surface area contributed by atoms with Gasteiger partial charge in [-0.2, -0.15) is 0 Å². The monoisotopic (exact) mass is 268 g/mol. The molecule has 0 amide bonds. The van der Waals surface area contributed by atoms with Crippen LogP contribution >= 0.6 is 11.8 Å². The van der Waals surface area contributed by atoms with E-state index < -0.39 is 0 Å². The van der Waals surface area contributed by atoms with E-state index in [1.165, 1.54) is 24.9 Å². The van der Waals surface area contributed by atoms with Gasteiger partial charge in [0.25, 0.3) is 5.56 Å². The van der Waals surface area contributed by atoms with Crippen LogP contribution in [-0.2, 0) is 9.53 Å². The highest BCUT2D eigenvalue weighted by Gasteiger charge is 2.44. The normalized spacial score (nSPS) is 16.3. The summed E-state index contributed by atoms with van der Waals surface area (Å²) in [5.74, 6) is 1.25. The number of methoxy groups -OCH3 is 1. The minimum absolute atomic E-state index is 0.0515. The van der Waals surface area contributed by atoms with Crippen molar-refractivity contribution in [2.45, 2.75) is 31.2 Å². The summed E-state index contributed by atoms with van der Waals surface area (Å²) in [5, 5.41) is 0.715. The maximum Gasteiger partial charge on any atom is 0.306 e. The van der Waals surface area contributed by atoms with Gasteiger partial charge in [-0.15, -0.1) is 11.8 Å². The quantitative estimate of drug-likeness (QED) is 0.498. The highest BCUT2D eigenvalue weighted by molar-refractivity contribution is 7.99. The predicted octanol–water partition coefficient (Wildman–Crippen LogP) is 1.51. The van der Waals surface area contributed by atoms with Crippen LogP contribution in [0.4, 0.5) is 0 Å². The summed E-state index contributed by atoms with van der Waals surface area (Å²) < 4.78 is 4.70. The van der Waals surface area contributed by atoms with Gasteiger partial charge in [0.2, 0.25) is 0 Å². The summed E-state index contributed by atoms with van der Waals surface area (Å²) in [6.45, 7) is 1.76. The fourth-order valence-electron chi connectivity index (χ4n) is 1.78. The third-order valence-corrected chi connectivity index (χ3v) is 4.33. The number of aromatic nitrogens is 2. The van der Waals surface area contributed by atoms with Gasteiger partial charge in [-0.3, -0.25) is 9.59 Å². The van der Waals surface area contributed by atoms with Crippen molar-refractivity contribution in [3.8, 4) is 0 Å². The molecule has 18 heavy (non-hydrogen) atoms. The van der Waals surface area contributed by atoms with Gasteiger partial charge in [0.15, 0.2) is 0 Å². The van der Waals surface area contributed by atoms with Crippen LogP contribution in [0.5, 0.6) is 0 Å². The van der Waals surface area contributed by atoms with Crippen LogP contribution in [-0.4, -0.2) is 28.8 Å². The molecule has 0 spiro atoms. The molecule has 2 rings (SSSR count).